The minimum atomic E-state index is 0.00229. The van der Waals surface area contributed by atoms with E-state index in [1.807, 2.05) is 18.0 Å². The van der Waals surface area contributed by atoms with Crippen molar-refractivity contribution in [2.24, 2.45) is 5.41 Å². The predicted molar refractivity (Wildman–Crippen MR) is 96.7 cm³/mol. The molecule has 24 heavy (non-hydrogen) atoms. The molecule has 1 N–H and O–H groups in total. The van der Waals surface area contributed by atoms with Crippen LogP contribution in [0.2, 0.25) is 0 Å². The number of anilines is 1. The van der Waals surface area contributed by atoms with E-state index in [1.54, 1.807) is 6.92 Å². The van der Waals surface area contributed by atoms with Crippen molar-refractivity contribution in [3.05, 3.63) is 17.6 Å². The van der Waals surface area contributed by atoms with Crippen LogP contribution < -0.4 is 5.32 Å². The van der Waals surface area contributed by atoms with Crippen molar-refractivity contribution < 1.29 is 4.79 Å². The van der Waals surface area contributed by atoms with Crippen LogP contribution in [0.1, 0.15) is 58.1 Å². The molecule has 0 radical (unpaired) electrons. The Morgan fingerprint density at radius 1 is 1.42 bits per heavy atom. The van der Waals surface area contributed by atoms with Crippen LogP contribution >= 0.6 is 0 Å². The van der Waals surface area contributed by atoms with Gasteiger partial charge in [-0.25, -0.2) is 9.97 Å². The highest BCUT2D eigenvalue weighted by molar-refractivity contribution is 5.74. The van der Waals surface area contributed by atoms with Crippen molar-refractivity contribution in [3.8, 4) is 0 Å². The minimum Gasteiger partial charge on any atom is -0.373 e. The summed E-state index contributed by atoms with van der Waals surface area (Å²) in [6.07, 6.45) is 1.95. The summed E-state index contributed by atoms with van der Waals surface area (Å²) >= 11 is 0. The molecule has 1 aromatic heterocycles. The monoisotopic (exact) mass is 333 g/mol. The maximum absolute atomic E-state index is 11.9. The molecule has 2 heterocycles. The second kappa shape index (κ2) is 7.47. The van der Waals surface area contributed by atoms with E-state index >= 15 is 0 Å². The largest absolute Gasteiger partial charge is 0.373 e. The van der Waals surface area contributed by atoms with Crippen LogP contribution in [0.15, 0.2) is 6.07 Å². The van der Waals surface area contributed by atoms with Crippen molar-refractivity contribution in [1.29, 1.82) is 0 Å². The number of nitrogens with zero attached hydrogens (tertiary/aromatic N) is 4. The van der Waals surface area contributed by atoms with E-state index in [-0.39, 0.29) is 17.4 Å². The maximum Gasteiger partial charge on any atom is 0.220 e. The van der Waals surface area contributed by atoms with Crippen molar-refractivity contribution in [2.45, 2.75) is 53.1 Å². The molecule has 0 bridgehead atoms. The average molecular weight is 333 g/mol. The molecular formula is C18H31N5O. The molecule has 1 fully saturated rings. The summed E-state index contributed by atoms with van der Waals surface area (Å²) in [4.78, 5) is 25.4. The van der Waals surface area contributed by atoms with Gasteiger partial charge in [0, 0.05) is 39.7 Å². The summed E-state index contributed by atoms with van der Waals surface area (Å²) in [6.45, 7) is 10.9. The zero-order chi connectivity index (χ0) is 17.9. The predicted octanol–water partition coefficient (Wildman–Crippen LogP) is 2.68. The molecule has 1 saturated heterocycles. The molecule has 0 aromatic carbocycles. The van der Waals surface area contributed by atoms with Crippen LogP contribution in [-0.2, 0) is 11.3 Å². The van der Waals surface area contributed by atoms with Gasteiger partial charge in [0.15, 0.2) is 5.82 Å². The zero-order valence-corrected chi connectivity index (χ0v) is 15.9. The van der Waals surface area contributed by atoms with Crippen molar-refractivity contribution in [2.75, 3.05) is 32.5 Å². The van der Waals surface area contributed by atoms with Gasteiger partial charge >= 0.3 is 0 Å². The summed E-state index contributed by atoms with van der Waals surface area (Å²) in [5.74, 6) is 1.67. The summed E-state index contributed by atoms with van der Waals surface area (Å²) < 4.78 is 0. The molecule has 0 aliphatic carbocycles. The molecule has 1 amide bonds. The van der Waals surface area contributed by atoms with Crippen LogP contribution in [0.4, 0.5) is 5.82 Å². The van der Waals surface area contributed by atoms with Crippen LogP contribution in [-0.4, -0.2) is 52.9 Å². The third kappa shape index (κ3) is 4.90. The average Bonchev–Trinajstić information content (AvgIpc) is 2.94. The fraction of sp³-hybridized carbons (Fsp3) is 0.722. The van der Waals surface area contributed by atoms with E-state index in [1.165, 1.54) is 0 Å². The van der Waals surface area contributed by atoms with E-state index in [9.17, 15) is 4.79 Å². The number of likely N-dealkylation sites (tertiary alicyclic amines) is 1. The van der Waals surface area contributed by atoms with Gasteiger partial charge < -0.3 is 15.1 Å². The number of amides is 1. The number of hydrogen-bond donors (Lipinski definition) is 1. The molecule has 6 nitrogen and oxygen atoms in total. The smallest absolute Gasteiger partial charge is 0.220 e. The number of hydrogen-bond acceptors (Lipinski definition) is 5. The van der Waals surface area contributed by atoms with Crippen LogP contribution in [0, 0.1) is 5.41 Å². The van der Waals surface area contributed by atoms with Crippen molar-refractivity contribution in [1.82, 2.24) is 19.8 Å². The molecule has 1 aliphatic rings. The Morgan fingerprint density at radius 3 is 2.71 bits per heavy atom. The van der Waals surface area contributed by atoms with Gasteiger partial charge in [-0.2, -0.15) is 0 Å². The third-order valence-electron chi connectivity index (χ3n) is 4.18. The maximum atomic E-state index is 11.9. The van der Waals surface area contributed by atoms with Gasteiger partial charge in [0.2, 0.25) is 5.91 Å². The summed E-state index contributed by atoms with van der Waals surface area (Å²) in [5, 5.41) is 3.12. The number of carbonyl (C=O) groups excluding carboxylic acids is 1. The molecule has 6 heteroatoms. The van der Waals surface area contributed by atoms with E-state index in [0.717, 1.165) is 49.8 Å². The van der Waals surface area contributed by atoms with Crippen LogP contribution in [0.3, 0.4) is 0 Å². The molecule has 1 aliphatic heterocycles. The first kappa shape index (κ1) is 18.6. The van der Waals surface area contributed by atoms with Gasteiger partial charge in [0.05, 0.1) is 11.7 Å². The molecular weight excluding hydrogens is 302 g/mol. The Kier molecular flexibility index (Phi) is 5.80. The second-order valence-corrected chi connectivity index (χ2v) is 7.96. The SMILES string of the molecule is CNc1cc(CN(C)CC(C)(C)C)nc([C@@H]2CCCN2C(C)=O)n1. The summed E-state index contributed by atoms with van der Waals surface area (Å²) in [6, 6.07) is 2.00. The number of nitrogens with one attached hydrogen (secondary N) is 1. The van der Waals surface area contributed by atoms with Gasteiger partial charge in [-0.3, -0.25) is 4.79 Å². The van der Waals surface area contributed by atoms with Crippen LogP contribution in [0.25, 0.3) is 0 Å². The van der Waals surface area contributed by atoms with Crippen molar-refractivity contribution in [3.63, 3.8) is 0 Å². The van der Waals surface area contributed by atoms with Gasteiger partial charge in [0.1, 0.15) is 5.82 Å². The first-order valence-electron chi connectivity index (χ1n) is 8.71. The van der Waals surface area contributed by atoms with Gasteiger partial charge in [-0.05, 0) is 25.3 Å². The standard InChI is InChI=1S/C18H31N5O/c1-13(24)23-9-7-8-15(23)17-20-14(10-16(19-5)21-17)11-22(6)12-18(2,3)4/h10,15H,7-9,11-12H2,1-6H3,(H,19,20,21)/t15-/m0/s1. The quantitative estimate of drug-likeness (QED) is 0.898. The Hall–Kier alpha value is -1.69. The number of aromatic nitrogens is 2. The first-order valence-corrected chi connectivity index (χ1v) is 8.71. The molecule has 2 rings (SSSR count). The van der Waals surface area contributed by atoms with Gasteiger partial charge in [-0.15, -0.1) is 0 Å². The lowest BCUT2D eigenvalue weighted by Crippen LogP contribution is -2.31. The lowest BCUT2D eigenvalue weighted by Gasteiger charge is -2.27. The van der Waals surface area contributed by atoms with Gasteiger partial charge in [0.25, 0.3) is 0 Å². The first-order chi connectivity index (χ1) is 11.2. The number of carbonyl (C=O) groups is 1. The fourth-order valence-corrected chi connectivity index (χ4v) is 3.43. The summed E-state index contributed by atoms with van der Waals surface area (Å²) in [7, 11) is 3.98. The molecule has 0 spiro atoms. The number of rotatable bonds is 5. The van der Waals surface area contributed by atoms with E-state index < -0.39 is 0 Å². The molecule has 1 aromatic rings. The third-order valence-corrected chi connectivity index (χ3v) is 4.18. The van der Waals surface area contributed by atoms with E-state index in [0.29, 0.717) is 0 Å². The second-order valence-electron chi connectivity index (χ2n) is 7.96. The molecule has 1 atom stereocenters. The Balaban J connectivity index is 2.23. The topological polar surface area (TPSA) is 61.4 Å². The highest BCUT2D eigenvalue weighted by Gasteiger charge is 2.30. The Bertz CT molecular complexity index is 581. The minimum absolute atomic E-state index is 0.00229. The Labute approximate surface area is 145 Å². The fourth-order valence-electron chi connectivity index (χ4n) is 3.43. The van der Waals surface area contributed by atoms with E-state index in [4.69, 9.17) is 4.98 Å². The Morgan fingerprint density at radius 2 is 2.12 bits per heavy atom. The molecule has 0 unspecified atom stereocenters. The van der Waals surface area contributed by atoms with Crippen molar-refractivity contribution >= 4 is 11.7 Å². The summed E-state index contributed by atoms with van der Waals surface area (Å²) in [5.41, 5.74) is 1.24. The lowest BCUT2D eigenvalue weighted by atomic mass is 9.96. The highest BCUT2D eigenvalue weighted by atomic mass is 16.2. The van der Waals surface area contributed by atoms with Crippen LogP contribution in [0.5, 0.6) is 0 Å². The highest BCUT2D eigenvalue weighted by Crippen LogP contribution is 2.30. The normalized spacial score (nSPS) is 18.3. The molecule has 134 valence electrons. The lowest BCUT2D eigenvalue weighted by molar-refractivity contribution is -0.129. The zero-order valence-electron chi connectivity index (χ0n) is 15.9. The van der Waals surface area contributed by atoms with E-state index in [2.05, 4.69) is 43.0 Å². The van der Waals surface area contributed by atoms with Gasteiger partial charge in [-0.1, -0.05) is 20.8 Å². The molecule has 0 saturated carbocycles.